The number of anilines is 1. The van der Waals surface area contributed by atoms with E-state index in [9.17, 15) is 14.7 Å². The molecule has 1 amide bonds. The fraction of sp³-hybridized carbons (Fsp3) is 0.158. The number of carbonyl (C=O) groups excluding carboxylic acids is 1. The summed E-state index contributed by atoms with van der Waals surface area (Å²) in [6.07, 6.45) is 1.85. The Bertz CT molecular complexity index is 974. The highest BCUT2D eigenvalue weighted by molar-refractivity contribution is 7.08. The van der Waals surface area contributed by atoms with E-state index in [0.29, 0.717) is 5.69 Å². The highest BCUT2D eigenvalue weighted by Gasteiger charge is 2.34. The monoisotopic (exact) mass is 368 g/mol. The molecule has 6 nitrogen and oxygen atoms in total. The van der Waals surface area contributed by atoms with E-state index < -0.39 is 5.97 Å². The number of hydrogen-bond donors (Lipinski definition) is 2. The molecule has 1 atom stereocenters. The Hall–Kier alpha value is -3.06. The highest BCUT2D eigenvalue weighted by Crippen LogP contribution is 2.42. The van der Waals surface area contributed by atoms with Crippen LogP contribution in [0.2, 0.25) is 0 Å². The Morgan fingerprint density at radius 1 is 1.31 bits per heavy atom. The van der Waals surface area contributed by atoms with Crippen molar-refractivity contribution in [3.05, 3.63) is 64.1 Å². The predicted molar refractivity (Wildman–Crippen MR) is 98.7 cm³/mol. The number of aromatic nitrogens is 1. The van der Waals surface area contributed by atoms with Crippen molar-refractivity contribution in [3.8, 4) is 11.4 Å². The number of hydrogen-bond acceptors (Lipinski definition) is 4. The zero-order valence-corrected chi connectivity index (χ0v) is 14.7. The Kier molecular flexibility index (Phi) is 4.00. The lowest BCUT2D eigenvalue weighted by Gasteiger charge is -2.25. The van der Waals surface area contributed by atoms with Gasteiger partial charge in [0.15, 0.2) is 0 Å². The number of rotatable bonds is 4. The third-order valence-electron chi connectivity index (χ3n) is 4.55. The summed E-state index contributed by atoms with van der Waals surface area (Å²) in [5.74, 6) is -0.723. The summed E-state index contributed by atoms with van der Waals surface area (Å²) >= 11 is 1.56. The van der Waals surface area contributed by atoms with Crippen molar-refractivity contribution >= 4 is 28.9 Å². The minimum absolute atomic E-state index is 0.0871. The quantitative estimate of drug-likeness (QED) is 0.735. The minimum Gasteiger partial charge on any atom is -0.497 e. The van der Waals surface area contributed by atoms with Crippen LogP contribution in [0.3, 0.4) is 0 Å². The maximum atomic E-state index is 12.2. The molecule has 0 unspecified atom stereocenters. The largest absolute Gasteiger partial charge is 0.497 e. The number of nitrogens with zero attached hydrogens (tertiary/aromatic N) is 1. The molecule has 0 saturated carbocycles. The summed E-state index contributed by atoms with van der Waals surface area (Å²) < 4.78 is 7.04. The first-order valence-corrected chi connectivity index (χ1v) is 8.97. The van der Waals surface area contributed by atoms with Crippen LogP contribution >= 0.6 is 11.3 Å². The number of carboxylic acids is 1. The van der Waals surface area contributed by atoms with Gasteiger partial charge in [0.05, 0.1) is 18.5 Å². The topological polar surface area (TPSA) is 80.6 Å². The molecule has 0 bridgehead atoms. The summed E-state index contributed by atoms with van der Waals surface area (Å²) in [5.41, 5.74) is 3.07. The van der Waals surface area contributed by atoms with Crippen LogP contribution in [0.1, 0.15) is 34.0 Å². The molecule has 132 valence electrons. The summed E-state index contributed by atoms with van der Waals surface area (Å²) in [7, 11) is 1.59. The second-order valence-corrected chi connectivity index (χ2v) is 6.82. The van der Waals surface area contributed by atoms with Crippen molar-refractivity contribution in [2.24, 2.45) is 0 Å². The number of benzene rings is 1. The summed E-state index contributed by atoms with van der Waals surface area (Å²) in [5, 5.41) is 16.3. The summed E-state index contributed by atoms with van der Waals surface area (Å²) in [6.45, 7) is 0. The fourth-order valence-electron chi connectivity index (χ4n) is 3.34. The fourth-order valence-corrected chi connectivity index (χ4v) is 4.05. The molecular weight excluding hydrogens is 352 g/mol. The third-order valence-corrected chi connectivity index (χ3v) is 5.26. The molecule has 0 aliphatic carbocycles. The summed E-state index contributed by atoms with van der Waals surface area (Å²) in [4.78, 5) is 23.9. The molecule has 2 aromatic heterocycles. The first kappa shape index (κ1) is 16.4. The second kappa shape index (κ2) is 6.34. The Morgan fingerprint density at radius 3 is 2.69 bits per heavy atom. The van der Waals surface area contributed by atoms with Crippen molar-refractivity contribution in [2.45, 2.75) is 12.3 Å². The molecule has 3 heterocycles. The Labute approximate surface area is 153 Å². The molecule has 0 spiro atoms. The van der Waals surface area contributed by atoms with E-state index in [0.717, 1.165) is 22.7 Å². The van der Waals surface area contributed by atoms with Crippen LogP contribution in [0, 0.1) is 0 Å². The number of carboxylic acid groups (broad SMARTS) is 1. The van der Waals surface area contributed by atoms with E-state index >= 15 is 0 Å². The van der Waals surface area contributed by atoms with Gasteiger partial charge in [-0.25, -0.2) is 4.79 Å². The first-order valence-electron chi connectivity index (χ1n) is 8.03. The zero-order chi connectivity index (χ0) is 18.3. The Morgan fingerprint density at radius 2 is 2.08 bits per heavy atom. The van der Waals surface area contributed by atoms with Crippen molar-refractivity contribution in [1.29, 1.82) is 0 Å². The normalized spacial score (nSPS) is 16.0. The minimum atomic E-state index is -1.07. The summed E-state index contributed by atoms with van der Waals surface area (Å²) in [6, 6.07) is 9.35. The van der Waals surface area contributed by atoms with E-state index in [-0.39, 0.29) is 23.8 Å². The molecule has 1 aliphatic rings. The molecule has 26 heavy (non-hydrogen) atoms. The van der Waals surface area contributed by atoms with Crippen LogP contribution in [0.25, 0.3) is 5.69 Å². The van der Waals surface area contributed by atoms with Gasteiger partial charge in [-0.1, -0.05) is 0 Å². The van der Waals surface area contributed by atoms with Crippen molar-refractivity contribution in [2.75, 3.05) is 12.4 Å². The average molecular weight is 368 g/mol. The molecule has 0 saturated heterocycles. The van der Waals surface area contributed by atoms with Crippen molar-refractivity contribution < 1.29 is 19.4 Å². The Balaban J connectivity index is 1.93. The SMILES string of the molecule is COc1ccc(-n2cc(C(=O)O)c3c2[C@H](c2ccsc2)CC(=O)N3)cc1. The zero-order valence-electron chi connectivity index (χ0n) is 13.9. The number of methoxy groups -OCH3 is 1. The van der Waals surface area contributed by atoms with Crippen LogP contribution in [0.5, 0.6) is 5.75 Å². The van der Waals surface area contributed by atoms with E-state index in [1.807, 2.05) is 45.7 Å². The van der Waals surface area contributed by atoms with Gasteiger partial charge in [-0.15, -0.1) is 0 Å². The number of fused-ring (bicyclic) bond motifs is 1. The maximum absolute atomic E-state index is 12.2. The molecule has 7 heteroatoms. The van der Waals surface area contributed by atoms with Gasteiger partial charge in [-0.05, 0) is 46.7 Å². The maximum Gasteiger partial charge on any atom is 0.339 e. The molecule has 4 rings (SSSR count). The van der Waals surface area contributed by atoms with Gasteiger partial charge in [-0.2, -0.15) is 11.3 Å². The van der Waals surface area contributed by atoms with Gasteiger partial charge in [-0.3, -0.25) is 4.79 Å². The molecule has 1 aliphatic heterocycles. The van der Waals surface area contributed by atoms with Gasteiger partial charge < -0.3 is 19.7 Å². The van der Waals surface area contributed by atoms with Gasteiger partial charge >= 0.3 is 5.97 Å². The molecule has 2 N–H and O–H groups in total. The van der Waals surface area contributed by atoms with Crippen LogP contribution in [-0.4, -0.2) is 28.7 Å². The van der Waals surface area contributed by atoms with E-state index in [1.54, 1.807) is 24.6 Å². The van der Waals surface area contributed by atoms with Crippen molar-refractivity contribution in [1.82, 2.24) is 4.57 Å². The number of ether oxygens (including phenoxy) is 1. The van der Waals surface area contributed by atoms with Gasteiger partial charge in [0, 0.05) is 24.2 Å². The van der Waals surface area contributed by atoms with E-state index in [1.165, 1.54) is 0 Å². The number of carbonyl (C=O) groups is 2. The highest BCUT2D eigenvalue weighted by atomic mass is 32.1. The average Bonchev–Trinajstić information content (AvgIpc) is 3.29. The number of amides is 1. The number of nitrogens with one attached hydrogen (secondary N) is 1. The first-order chi connectivity index (χ1) is 12.6. The third kappa shape index (κ3) is 2.66. The van der Waals surface area contributed by atoms with Gasteiger partial charge in [0.1, 0.15) is 11.3 Å². The van der Waals surface area contributed by atoms with Crippen LogP contribution in [-0.2, 0) is 4.79 Å². The van der Waals surface area contributed by atoms with Crippen molar-refractivity contribution in [3.63, 3.8) is 0 Å². The van der Waals surface area contributed by atoms with Crippen LogP contribution < -0.4 is 10.1 Å². The standard InChI is InChI=1S/C19H16N2O4S/c1-25-13-4-2-12(3-5-13)21-9-15(19(23)24)17-18(21)14(8-16(22)20-17)11-6-7-26-10-11/h2-7,9-10,14H,8H2,1H3,(H,20,22)(H,23,24)/t14-/m0/s1. The smallest absolute Gasteiger partial charge is 0.339 e. The molecule has 1 aromatic carbocycles. The molecule has 0 radical (unpaired) electrons. The molecule has 3 aromatic rings. The molecular formula is C19H16N2O4S. The molecule has 0 fully saturated rings. The predicted octanol–water partition coefficient (Wildman–Crippen LogP) is 3.72. The number of thiophene rings is 1. The number of aromatic carboxylic acids is 1. The lowest BCUT2D eigenvalue weighted by molar-refractivity contribution is -0.116. The lowest BCUT2D eigenvalue weighted by Crippen LogP contribution is -2.25. The van der Waals surface area contributed by atoms with E-state index in [4.69, 9.17) is 4.74 Å². The van der Waals surface area contributed by atoms with Crippen LogP contribution in [0.4, 0.5) is 5.69 Å². The van der Waals surface area contributed by atoms with Gasteiger partial charge in [0.25, 0.3) is 0 Å². The van der Waals surface area contributed by atoms with E-state index in [2.05, 4.69) is 5.32 Å². The second-order valence-electron chi connectivity index (χ2n) is 6.04. The van der Waals surface area contributed by atoms with Gasteiger partial charge in [0.2, 0.25) is 5.91 Å². The lowest BCUT2D eigenvalue weighted by atomic mass is 9.90. The van der Waals surface area contributed by atoms with Crippen LogP contribution in [0.15, 0.2) is 47.3 Å².